The summed E-state index contributed by atoms with van der Waals surface area (Å²) in [4.78, 5) is 11.6. The predicted molar refractivity (Wildman–Crippen MR) is 95.7 cm³/mol. The van der Waals surface area contributed by atoms with E-state index in [4.69, 9.17) is 9.47 Å². The van der Waals surface area contributed by atoms with Gasteiger partial charge in [-0.2, -0.15) is 0 Å². The smallest absolute Gasteiger partial charge is 0.330 e. The number of ether oxygens (including phenoxy) is 2. The zero-order valence-electron chi connectivity index (χ0n) is 16.1. The highest BCUT2D eigenvalue weighted by Crippen LogP contribution is 2.66. The van der Waals surface area contributed by atoms with Gasteiger partial charge in [0.05, 0.1) is 7.11 Å². The molecule has 24 heavy (non-hydrogen) atoms. The summed E-state index contributed by atoms with van der Waals surface area (Å²) in [6.45, 7) is 11.4. The van der Waals surface area contributed by atoms with Crippen LogP contribution in [0, 0.1) is 11.3 Å². The third kappa shape index (κ3) is 2.56. The highest BCUT2D eigenvalue weighted by Gasteiger charge is 2.71. The van der Waals surface area contributed by atoms with Crippen molar-refractivity contribution in [2.75, 3.05) is 7.11 Å². The number of allylic oxidation sites excluding steroid dienone is 1. The van der Waals surface area contributed by atoms with Crippen molar-refractivity contribution in [2.45, 2.75) is 84.3 Å². The average Bonchev–Trinajstić information content (AvgIpc) is 3.11. The Labute approximate surface area is 146 Å². The minimum Gasteiger partial charge on any atom is -0.466 e. The van der Waals surface area contributed by atoms with Gasteiger partial charge in [0, 0.05) is 12.5 Å². The van der Waals surface area contributed by atoms with E-state index in [1.54, 1.807) is 17.2 Å². The van der Waals surface area contributed by atoms with Crippen LogP contribution in [-0.4, -0.2) is 24.3 Å². The van der Waals surface area contributed by atoms with Crippen molar-refractivity contribution in [3.63, 3.8) is 0 Å². The predicted octanol–water partition coefficient (Wildman–Crippen LogP) is 4.96. The lowest BCUT2D eigenvalue weighted by Crippen LogP contribution is -2.33. The molecular formula is C21H32O3. The fraction of sp³-hybridized carbons (Fsp3) is 0.762. The number of methoxy groups -OCH3 is 1. The Morgan fingerprint density at radius 3 is 2.67 bits per heavy atom. The first-order valence-corrected chi connectivity index (χ1v) is 9.34. The number of hydrogen-bond acceptors (Lipinski definition) is 3. The average molecular weight is 332 g/mol. The molecule has 0 aromatic rings. The van der Waals surface area contributed by atoms with Crippen LogP contribution in [0.2, 0.25) is 0 Å². The van der Waals surface area contributed by atoms with E-state index in [1.165, 1.54) is 32.8 Å². The molecule has 0 aromatic carbocycles. The summed E-state index contributed by atoms with van der Waals surface area (Å²) < 4.78 is 11.3. The molecule has 134 valence electrons. The first-order chi connectivity index (χ1) is 11.2. The summed E-state index contributed by atoms with van der Waals surface area (Å²) in [7, 11) is 1.43. The van der Waals surface area contributed by atoms with E-state index in [9.17, 15) is 4.79 Å². The van der Waals surface area contributed by atoms with Crippen molar-refractivity contribution in [3.05, 3.63) is 22.8 Å². The van der Waals surface area contributed by atoms with E-state index >= 15 is 0 Å². The maximum Gasteiger partial charge on any atom is 0.330 e. The summed E-state index contributed by atoms with van der Waals surface area (Å²) in [5.41, 5.74) is 4.20. The monoisotopic (exact) mass is 332 g/mol. The molecule has 0 unspecified atom stereocenters. The van der Waals surface area contributed by atoms with E-state index in [2.05, 4.69) is 27.7 Å². The zero-order chi connectivity index (χ0) is 17.8. The molecule has 3 heteroatoms. The molecule has 0 aromatic heterocycles. The van der Waals surface area contributed by atoms with Crippen LogP contribution in [0.1, 0.15) is 73.1 Å². The van der Waals surface area contributed by atoms with Crippen LogP contribution in [0.25, 0.3) is 0 Å². The number of fused-ring (bicyclic) bond motifs is 2. The van der Waals surface area contributed by atoms with Gasteiger partial charge in [-0.05, 0) is 62.9 Å². The van der Waals surface area contributed by atoms with Gasteiger partial charge in [0.2, 0.25) is 0 Å². The van der Waals surface area contributed by atoms with Crippen molar-refractivity contribution < 1.29 is 14.3 Å². The number of esters is 1. The Morgan fingerprint density at radius 1 is 1.29 bits per heavy atom. The third-order valence-corrected chi connectivity index (χ3v) is 6.90. The van der Waals surface area contributed by atoms with Gasteiger partial charge in [-0.25, -0.2) is 4.79 Å². The molecule has 3 aliphatic rings. The number of epoxide rings is 1. The maximum atomic E-state index is 11.6. The van der Waals surface area contributed by atoms with Gasteiger partial charge in [-0.1, -0.05) is 31.9 Å². The van der Waals surface area contributed by atoms with Crippen molar-refractivity contribution in [1.82, 2.24) is 0 Å². The fourth-order valence-corrected chi connectivity index (χ4v) is 5.21. The molecule has 3 atom stereocenters. The molecule has 0 radical (unpaired) electrons. The highest BCUT2D eigenvalue weighted by molar-refractivity contribution is 5.82. The van der Waals surface area contributed by atoms with Crippen LogP contribution in [0.4, 0.5) is 0 Å². The van der Waals surface area contributed by atoms with Crippen molar-refractivity contribution in [1.29, 1.82) is 0 Å². The summed E-state index contributed by atoms with van der Waals surface area (Å²) in [5, 5.41) is 0. The summed E-state index contributed by atoms with van der Waals surface area (Å²) in [5.74, 6) is 0.260. The van der Waals surface area contributed by atoms with E-state index < -0.39 is 0 Å². The zero-order valence-corrected chi connectivity index (χ0v) is 16.1. The minimum absolute atomic E-state index is 0.0945. The molecule has 3 nitrogen and oxygen atoms in total. The molecule has 0 bridgehead atoms. The third-order valence-electron chi connectivity index (χ3n) is 6.90. The Kier molecular flexibility index (Phi) is 4.23. The second kappa shape index (κ2) is 5.72. The van der Waals surface area contributed by atoms with Gasteiger partial charge in [0.15, 0.2) is 0 Å². The number of rotatable bonds is 3. The Morgan fingerprint density at radius 2 is 2.00 bits per heavy atom. The topological polar surface area (TPSA) is 38.8 Å². The second-order valence-electron chi connectivity index (χ2n) is 8.86. The molecule has 1 aliphatic heterocycles. The maximum absolute atomic E-state index is 11.6. The standard InChI is InChI=1S/C21H32O3/c1-14(12-18(22)23-6)13-21-17-8-7-11-19(3,4)16(17)10-9-15(2)20(21,5)24-21/h12,15H,7-11,13H2,1-6H3/t15-,20-,21+/m1/s1. The van der Waals surface area contributed by atoms with Crippen LogP contribution in [0.3, 0.4) is 0 Å². The van der Waals surface area contributed by atoms with Gasteiger partial charge in [0.1, 0.15) is 11.2 Å². The molecule has 2 aliphatic carbocycles. The fourth-order valence-electron chi connectivity index (χ4n) is 5.21. The van der Waals surface area contributed by atoms with Gasteiger partial charge < -0.3 is 9.47 Å². The minimum atomic E-state index is -0.272. The molecule has 1 saturated heterocycles. The lowest BCUT2D eigenvalue weighted by Gasteiger charge is -2.37. The highest BCUT2D eigenvalue weighted by atomic mass is 16.6. The van der Waals surface area contributed by atoms with Crippen LogP contribution in [0.5, 0.6) is 0 Å². The van der Waals surface area contributed by atoms with Crippen molar-refractivity contribution >= 4 is 5.97 Å². The molecular weight excluding hydrogens is 300 g/mol. The molecule has 3 rings (SSSR count). The lowest BCUT2D eigenvalue weighted by molar-refractivity contribution is -0.134. The molecule has 1 heterocycles. The molecule has 0 N–H and O–H groups in total. The van der Waals surface area contributed by atoms with Gasteiger partial charge in [-0.15, -0.1) is 0 Å². The Hall–Kier alpha value is -1.09. The van der Waals surface area contributed by atoms with Gasteiger partial charge in [0.25, 0.3) is 0 Å². The number of hydrogen-bond donors (Lipinski definition) is 0. The van der Waals surface area contributed by atoms with Crippen LogP contribution < -0.4 is 0 Å². The lowest BCUT2D eigenvalue weighted by atomic mass is 9.67. The summed E-state index contributed by atoms with van der Waals surface area (Å²) in [6.07, 6.45) is 8.47. The second-order valence-corrected chi connectivity index (χ2v) is 8.86. The largest absolute Gasteiger partial charge is 0.466 e. The van der Waals surface area contributed by atoms with Crippen LogP contribution in [0.15, 0.2) is 22.8 Å². The van der Waals surface area contributed by atoms with Gasteiger partial charge >= 0.3 is 5.97 Å². The van der Waals surface area contributed by atoms with Crippen LogP contribution in [-0.2, 0) is 14.3 Å². The van der Waals surface area contributed by atoms with Gasteiger partial charge in [-0.3, -0.25) is 0 Å². The number of carbonyl (C=O) groups excluding carboxylic acids is 1. The normalized spacial score (nSPS) is 38.1. The SMILES string of the molecule is COC(=O)C=C(C)C[C@@]12O[C@]1(C)[C@H](C)CCC1=C2CCCC1(C)C. The van der Waals surface area contributed by atoms with Crippen molar-refractivity contribution in [3.8, 4) is 0 Å². The van der Waals surface area contributed by atoms with Crippen molar-refractivity contribution in [2.24, 2.45) is 11.3 Å². The molecule has 0 amide bonds. The quantitative estimate of drug-likeness (QED) is 0.317. The summed E-state index contributed by atoms with van der Waals surface area (Å²) >= 11 is 0. The van der Waals surface area contributed by atoms with E-state index in [1.807, 2.05) is 6.92 Å². The molecule has 1 fully saturated rings. The molecule has 0 spiro atoms. The molecule has 0 saturated carbocycles. The Balaban J connectivity index is 2.03. The van der Waals surface area contributed by atoms with E-state index in [0.717, 1.165) is 18.4 Å². The van der Waals surface area contributed by atoms with Crippen LogP contribution >= 0.6 is 0 Å². The van der Waals surface area contributed by atoms with E-state index in [-0.39, 0.29) is 22.6 Å². The first-order valence-electron chi connectivity index (χ1n) is 9.34. The summed E-state index contributed by atoms with van der Waals surface area (Å²) in [6, 6.07) is 0. The van der Waals surface area contributed by atoms with E-state index in [0.29, 0.717) is 5.92 Å². The number of carbonyl (C=O) groups is 1. The first kappa shape index (κ1) is 17.7. The Bertz CT molecular complexity index is 613.